The van der Waals surface area contributed by atoms with E-state index in [1.807, 2.05) is 27.7 Å². The predicted molar refractivity (Wildman–Crippen MR) is 85.8 cm³/mol. The van der Waals surface area contributed by atoms with Crippen LogP contribution in [0.5, 0.6) is 0 Å². The number of nitrogens with one attached hydrogen (secondary N) is 1. The summed E-state index contributed by atoms with van der Waals surface area (Å²) < 4.78 is 17.7. The lowest BCUT2D eigenvalue weighted by molar-refractivity contribution is -0.116. The van der Waals surface area contributed by atoms with Gasteiger partial charge in [-0.1, -0.05) is 6.58 Å². The normalized spacial score (nSPS) is 14.5. The highest BCUT2D eigenvalue weighted by molar-refractivity contribution is 6.61. The Bertz CT molecular complexity index is 307. The Morgan fingerprint density at radius 2 is 1.90 bits per heavy atom. The van der Waals surface area contributed by atoms with Gasteiger partial charge in [-0.25, -0.2) is 0 Å². The Kier molecular flexibility index (Phi) is 10.5. The van der Waals surface area contributed by atoms with Crippen LogP contribution in [0.15, 0.2) is 12.7 Å². The van der Waals surface area contributed by atoms with E-state index in [9.17, 15) is 4.79 Å². The predicted octanol–water partition coefficient (Wildman–Crippen LogP) is 1.44. The van der Waals surface area contributed by atoms with Crippen molar-refractivity contribution in [1.29, 1.82) is 0 Å². The van der Waals surface area contributed by atoms with Gasteiger partial charge in [0.2, 0.25) is 5.91 Å². The van der Waals surface area contributed by atoms with Gasteiger partial charge in [0.15, 0.2) is 0 Å². The van der Waals surface area contributed by atoms with Crippen LogP contribution in [0.25, 0.3) is 0 Å². The smallest absolute Gasteiger partial charge is 0.374 e. The number of hydrogen-bond acceptors (Lipinski definition) is 5. The summed E-state index contributed by atoms with van der Waals surface area (Å²) in [4.78, 5) is 11.1. The lowest BCUT2D eigenvalue weighted by Crippen LogP contribution is -2.51. The zero-order chi connectivity index (χ0) is 16.3. The maximum absolute atomic E-state index is 11.1. The minimum Gasteiger partial charge on any atom is -0.374 e. The van der Waals surface area contributed by atoms with E-state index in [0.717, 1.165) is 0 Å². The topological polar surface area (TPSA) is 82.8 Å². The first-order valence-electron chi connectivity index (χ1n) is 7.50. The van der Waals surface area contributed by atoms with E-state index in [4.69, 9.17) is 19.0 Å². The Morgan fingerprint density at radius 3 is 2.33 bits per heavy atom. The molecule has 0 aromatic carbocycles. The molecule has 0 aliphatic carbocycles. The summed E-state index contributed by atoms with van der Waals surface area (Å²) in [7, 11) is -2.77. The van der Waals surface area contributed by atoms with Crippen LogP contribution in [0.1, 0.15) is 34.1 Å². The van der Waals surface area contributed by atoms with Gasteiger partial charge in [0.05, 0.1) is 0 Å². The Labute approximate surface area is 129 Å². The summed E-state index contributed by atoms with van der Waals surface area (Å²) in [5.74, 6) is -0.184. The fraction of sp³-hybridized carbons (Fsp3) is 0.786. The van der Waals surface area contributed by atoms with Gasteiger partial charge in [-0.2, -0.15) is 0 Å². The zero-order valence-corrected chi connectivity index (χ0v) is 14.7. The number of carbonyl (C=O) groups excluding carboxylic acids is 1. The molecule has 0 spiro atoms. The average molecular weight is 318 g/mol. The van der Waals surface area contributed by atoms with E-state index in [2.05, 4.69) is 11.9 Å². The van der Waals surface area contributed by atoms with Gasteiger partial charge in [0.1, 0.15) is 0 Å². The number of carbonyl (C=O) groups is 1. The highest BCUT2D eigenvalue weighted by Crippen LogP contribution is 2.20. The molecular weight excluding hydrogens is 288 g/mol. The fourth-order valence-corrected chi connectivity index (χ4v) is 4.90. The molecule has 124 valence electrons. The standard InChI is InChI=1S/C14H30N2O4Si/c1-6-14(17)16-10-9-13(5)20-21(18-7-2,19-8-3)11-12(4)15/h6,12-13H,1,7-11,15H2,2-5H3,(H,16,17). The van der Waals surface area contributed by atoms with Gasteiger partial charge < -0.3 is 24.3 Å². The number of amides is 1. The van der Waals surface area contributed by atoms with Crippen molar-refractivity contribution in [1.82, 2.24) is 5.32 Å². The van der Waals surface area contributed by atoms with E-state index in [-0.39, 0.29) is 18.1 Å². The molecular formula is C14H30N2O4Si. The van der Waals surface area contributed by atoms with Crippen molar-refractivity contribution < 1.29 is 18.1 Å². The quantitative estimate of drug-likeness (QED) is 0.420. The first kappa shape index (κ1) is 20.3. The fourth-order valence-electron chi connectivity index (χ4n) is 1.95. The summed E-state index contributed by atoms with van der Waals surface area (Å²) in [6, 6.07) is 0.528. The molecule has 3 N–H and O–H groups in total. The van der Waals surface area contributed by atoms with E-state index in [0.29, 0.717) is 32.2 Å². The zero-order valence-electron chi connectivity index (χ0n) is 13.7. The second kappa shape index (κ2) is 10.9. The second-order valence-electron chi connectivity index (χ2n) is 4.94. The molecule has 1 amide bonds. The Balaban J connectivity index is 4.54. The minimum absolute atomic E-state index is 0.0533. The first-order chi connectivity index (χ1) is 9.89. The largest absolute Gasteiger partial charge is 0.502 e. The minimum atomic E-state index is -2.77. The van der Waals surface area contributed by atoms with Gasteiger partial charge in [-0.15, -0.1) is 0 Å². The molecule has 2 atom stereocenters. The average Bonchev–Trinajstić information content (AvgIpc) is 2.37. The molecule has 0 aromatic rings. The van der Waals surface area contributed by atoms with Crippen molar-refractivity contribution in [2.45, 2.75) is 52.3 Å². The summed E-state index contributed by atoms with van der Waals surface area (Å²) in [6.07, 6.45) is 1.84. The third kappa shape index (κ3) is 9.00. The van der Waals surface area contributed by atoms with Gasteiger partial charge in [-0.3, -0.25) is 4.79 Å². The first-order valence-corrected chi connectivity index (χ1v) is 9.43. The van der Waals surface area contributed by atoms with Crippen LogP contribution in [-0.2, 0) is 18.1 Å². The van der Waals surface area contributed by atoms with Gasteiger partial charge in [-0.05, 0) is 40.2 Å². The van der Waals surface area contributed by atoms with Crippen LogP contribution in [0.4, 0.5) is 0 Å². The molecule has 0 saturated carbocycles. The molecule has 0 aliphatic heterocycles. The second-order valence-corrected chi connectivity index (χ2v) is 7.53. The summed E-state index contributed by atoms with van der Waals surface area (Å²) in [5, 5.41) is 2.73. The van der Waals surface area contributed by atoms with Crippen LogP contribution in [0.3, 0.4) is 0 Å². The Hall–Kier alpha value is -0.733. The SMILES string of the molecule is C=CC(=O)NCCC(C)O[Si](CC(C)N)(OCC)OCC. The molecule has 6 nitrogen and oxygen atoms in total. The summed E-state index contributed by atoms with van der Waals surface area (Å²) >= 11 is 0. The summed E-state index contributed by atoms with van der Waals surface area (Å²) in [6.45, 7) is 12.7. The van der Waals surface area contributed by atoms with Crippen LogP contribution in [0.2, 0.25) is 6.04 Å². The molecule has 0 saturated heterocycles. The molecule has 0 aromatic heterocycles. The lowest BCUT2D eigenvalue weighted by atomic mass is 10.3. The third-order valence-electron chi connectivity index (χ3n) is 2.72. The van der Waals surface area contributed by atoms with Crippen LogP contribution in [0, 0.1) is 0 Å². The van der Waals surface area contributed by atoms with Crippen molar-refractivity contribution in [3.63, 3.8) is 0 Å². The maximum Gasteiger partial charge on any atom is 0.502 e. The highest BCUT2D eigenvalue weighted by Gasteiger charge is 2.43. The van der Waals surface area contributed by atoms with Gasteiger partial charge in [0, 0.05) is 37.9 Å². The van der Waals surface area contributed by atoms with Crippen molar-refractivity contribution in [3.05, 3.63) is 12.7 Å². The summed E-state index contributed by atoms with van der Waals surface area (Å²) in [5.41, 5.74) is 5.90. The molecule has 0 radical (unpaired) electrons. The van der Waals surface area contributed by atoms with E-state index in [1.165, 1.54) is 6.08 Å². The Morgan fingerprint density at radius 1 is 1.33 bits per heavy atom. The van der Waals surface area contributed by atoms with E-state index >= 15 is 0 Å². The van der Waals surface area contributed by atoms with Crippen molar-refractivity contribution in [2.75, 3.05) is 19.8 Å². The van der Waals surface area contributed by atoms with Crippen LogP contribution < -0.4 is 11.1 Å². The molecule has 0 rings (SSSR count). The third-order valence-corrected chi connectivity index (χ3v) is 6.08. The molecule has 0 fully saturated rings. The van der Waals surface area contributed by atoms with Gasteiger partial charge in [0.25, 0.3) is 0 Å². The van der Waals surface area contributed by atoms with Crippen LogP contribution >= 0.6 is 0 Å². The van der Waals surface area contributed by atoms with Crippen molar-refractivity contribution in [2.24, 2.45) is 5.73 Å². The molecule has 21 heavy (non-hydrogen) atoms. The molecule has 2 unspecified atom stereocenters. The van der Waals surface area contributed by atoms with Crippen molar-refractivity contribution in [3.8, 4) is 0 Å². The van der Waals surface area contributed by atoms with Gasteiger partial charge >= 0.3 is 8.80 Å². The number of hydrogen-bond donors (Lipinski definition) is 2. The van der Waals surface area contributed by atoms with E-state index < -0.39 is 8.80 Å². The number of rotatable bonds is 12. The molecule has 0 heterocycles. The van der Waals surface area contributed by atoms with Crippen LogP contribution in [-0.4, -0.2) is 46.6 Å². The number of nitrogens with two attached hydrogens (primary N) is 1. The molecule has 7 heteroatoms. The molecule has 0 aliphatic rings. The molecule has 0 bridgehead atoms. The van der Waals surface area contributed by atoms with Crippen molar-refractivity contribution >= 4 is 14.7 Å². The monoisotopic (exact) mass is 318 g/mol. The lowest BCUT2D eigenvalue weighted by Gasteiger charge is -2.32. The highest BCUT2D eigenvalue weighted by atomic mass is 28.4. The van der Waals surface area contributed by atoms with E-state index in [1.54, 1.807) is 0 Å². The maximum atomic E-state index is 11.1.